The first kappa shape index (κ1) is 16.8. The second-order valence-corrected chi connectivity index (χ2v) is 5.97. The van der Waals surface area contributed by atoms with Crippen LogP contribution in [0, 0.1) is 0 Å². The molecule has 3 aromatic rings. The number of carbonyl (C=O) groups excluding carboxylic acids is 2. The molecule has 1 fully saturated rings. The fourth-order valence-corrected chi connectivity index (χ4v) is 2.81. The normalized spacial score (nSPS) is 13.5. The molecular formula is C19H17N5O3. The van der Waals surface area contributed by atoms with Crippen molar-refractivity contribution in [2.45, 2.75) is 6.54 Å². The quantitative estimate of drug-likeness (QED) is 0.750. The summed E-state index contributed by atoms with van der Waals surface area (Å²) in [6, 6.07) is 12.4. The number of nitrogens with zero attached hydrogens (tertiary/aromatic N) is 4. The Balaban J connectivity index is 1.39. The van der Waals surface area contributed by atoms with E-state index in [1.807, 2.05) is 24.4 Å². The van der Waals surface area contributed by atoms with Crippen molar-refractivity contribution in [2.75, 3.05) is 18.1 Å². The molecule has 1 aromatic carbocycles. The number of aromatic nitrogens is 3. The van der Waals surface area contributed by atoms with Crippen molar-refractivity contribution >= 4 is 17.7 Å². The van der Waals surface area contributed by atoms with Gasteiger partial charge in [0.25, 0.3) is 5.91 Å². The first-order chi connectivity index (χ1) is 13.2. The zero-order valence-corrected chi connectivity index (χ0v) is 14.4. The van der Waals surface area contributed by atoms with Crippen molar-refractivity contribution in [2.24, 2.45) is 0 Å². The highest BCUT2D eigenvalue weighted by molar-refractivity contribution is 5.95. The molecule has 0 unspecified atom stereocenters. The molecule has 1 aliphatic heterocycles. The molecule has 1 N–H and O–H groups in total. The van der Waals surface area contributed by atoms with Crippen LogP contribution in [-0.4, -0.2) is 39.9 Å². The summed E-state index contributed by atoms with van der Waals surface area (Å²) >= 11 is 0. The summed E-state index contributed by atoms with van der Waals surface area (Å²) < 4.78 is 6.58. The lowest BCUT2D eigenvalue weighted by Gasteiger charge is -2.13. The van der Waals surface area contributed by atoms with Crippen LogP contribution in [0.3, 0.4) is 0 Å². The van der Waals surface area contributed by atoms with E-state index in [1.54, 1.807) is 41.3 Å². The number of carbonyl (C=O) groups is 2. The molecule has 1 aliphatic rings. The number of benzene rings is 1. The minimum atomic E-state index is -0.363. The molecule has 3 heterocycles. The van der Waals surface area contributed by atoms with Gasteiger partial charge in [0.2, 0.25) is 0 Å². The highest BCUT2D eigenvalue weighted by Crippen LogP contribution is 2.19. The van der Waals surface area contributed by atoms with Gasteiger partial charge < -0.3 is 10.1 Å². The van der Waals surface area contributed by atoms with Gasteiger partial charge in [0, 0.05) is 36.4 Å². The molecule has 2 aromatic heterocycles. The minimum absolute atomic E-state index is 0.192. The standard InChI is InChI=1S/C19H17N5O3/c25-18(15-2-4-16(5-3-15)23-10-11-27-19(23)26)21-13-14-6-8-20-17(12-14)24-9-1-7-22-24/h1-9,12H,10-11,13H2,(H,21,25). The van der Waals surface area contributed by atoms with E-state index in [0.29, 0.717) is 36.8 Å². The predicted octanol–water partition coefficient (Wildman–Crippen LogP) is 2.15. The van der Waals surface area contributed by atoms with E-state index < -0.39 is 0 Å². The van der Waals surface area contributed by atoms with Gasteiger partial charge in [-0.15, -0.1) is 0 Å². The number of hydrogen-bond acceptors (Lipinski definition) is 5. The smallest absolute Gasteiger partial charge is 0.414 e. The maximum absolute atomic E-state index is 12.4. The van der Waals surface area contributed by atoms with Crippen molar-refractivity contribution in [1.29, 1.82) is 0 Å². The molecule has 0 saturated carbocycles. The van der Waals surface area contributed by atoms with Crippen LogP contribution in [0.2, 0.25) is 0 Å². The predicted molar refractivity (Wildman–Crippen MR) is 97.7 cm³/mol. The molecule has 0 bridgehead atoms. The topological polar surface area (TPSA) is 89.3 Å². The van der Waals surface area contributed by atoms with Gasteiger partial charge in [0.05, 0.1) is 6.54 Å². The summed E-state index contributed by atoms with van der Waals surface area (Å²) in [5, 5.41) is 7.03. The van der Waals surface area contributed by atoms with E-state index in [0.717, 1.165) is 5.56 Å². The minimum Gasteiger partial charge on any atom is -0.447 e. The van der Waals surface area contributed by atoms with Crippen LogP contribution in [0.5, 0.6) is 0 Å². The number of ether oxygens (including phenoxy) is 1. The second kappa shape index (κ2) is 7.28. The first-order valence-corrected chi connectivity index (χ1v) is 8.48. The van der Waals surface area contributed by atoms with Crippen LogP contribution >= 0.6 is 0 Å². The molecule has 2 amide bonds. The van der Waals surface area contributed by atoms with Gasteiger partial charge in [0.15, 0.2) is 5.82 Å². The van der Waals surface area contributed by atoms with Crippen LogP contribution in [0.25, 0.3) is 5.82 Å². The summed E-state index contributed by atoms with van der Waals surface area (Å²) in [5.41, 5.74) is 2.15. The van der Waals surface area contributed by atoms with Crippen molar-refractivity contribution in [3.05, 3.63) is 72.2 Å². The third kappa shape index (κ3) is 3.64. The van der Waals surface area contributed by atoms with Gasteiger partial charge in [-0.25, -0.2) is 14.5 Å². The summed E-state index contributed by atoms with van der Waals surface area (Å²) in [5.74, 6) is 0.497. The third-order valence-electron chi connectivity index (χ3n) is 4.20. The van der Waals surface area contributed by atoms with Crippen molar-refractivity contribution < 1.29 is 14.3 Å². The van der Waals surface area contributed by atoms with Gasteiger partial charge in [-0.1, -0.05) is 0 Å². The van der Waals surface area contributed by atoms with Gasteiger partial charge in [-0.2, -0.15) is 5.10 Å². The number of anilines is 1. The molecule has 0 spiro atoms. The largest absolute Gasteiger partial charge is 0.447 e. The maximum atomic E-state index is 12.4. The summed E-state index contributed by atoms with van der Waals surface area (Å²) in [6.45, 7) is 1.27. The number of hydrogen-bond donors (Lipinski definition) is 1. The maximum Gasteiger partial charge on any atom is 0.414 e. The number of cyclic esters (lactones) is 1. The van der Waals surface area contributed by atoms with Crippen molar-refractivity contribution in [3.8, 4) is 5.82 Å². The van der Waals surface area contributed by atoms with E-state index in [-0.39, 0.29) is 12.0 Å². The molecule has 8 nitrogen and oxygen atoms in total. The van der Waals surface area contributed by atoms with Crippen molar-refractivity contribution in [1.82, 2.24) is 20.1 Å². The molecule has 27 heavy (non-hydrogen) atoms. The lowest BCUT2D eigenvalue weighted by Crippen LogP contribution is -2.24. The Hall–Kier alpha value is -3.68. The number of amides is 2. The Morgan fingerprint density at radius 1 is 1.19 bits per heavy atom. The Bertz CT molecular complexity index is 954. The molecule has 0 atom stereocenters. The molecule has 0 radical (unpaired) electrons. The Kier molecular flexibility index (Phi) is 4.52. The fraction of sp³-hybridized carbons (Fsp3) is 0.158. The van der Waals surface area contributed by atoms with Crippen LogP contribution < -0.4 is 10.2 Å². The average molecular weight is 363 g/mol. The Morgan fingerprint density at radius 3 is 2.74 bits per heavy atom. The van der Waals surface area contributed by atoms with E-state index in [1.165, 1.54) is 4.90 Å². The van der Waals surface area contributed by atoms with E-state index in [9.17, 15) is 9.59 Å². The second-order valence-electron chi connectivity index (χ2n) is 5.97. The van der Waals surface area contributed by atoms with Crippen molar-refractivity contribution in [3.63, 3.8) is 0 Å². The van der Waals surface area contributed by atoms with Crippen LogP contribution in [0.1, 0.15) is 15.9 Å². The van der Waals surface area contributed by atoms with Crippen LogP contribution in [0.15, 0.2) is 61.1 Å². The number of nitrogens with one attached hydrogen (secondary N) is 1. The third-order valence-corrected chi connectivity index (χ3v) is 4.20. The molecular weight excluding hydrogens is 346 g/mol. The lowest BCUT2D eigenvalue weighted by atomic mass is 10.1. The highest BCUT2D eigenvalue weighted by Gasteiger charge is 2.23. The fourth-order valence-electron chi connectivity index (χ4n) is 2.81. The Morgan fingerprint density at radius 2 is 2.04 bits per heavy atom. The molecule has 8 heteroatoms. The molecule has 0 aliphatic carbocycles. The SMILES string of the molecule is O=C(NCc1ccnc(-n2cccn2)c1)c1ccc(N2CCOC2=O)cc1. The van der Waals surface area contributed by atoms with E-state index in [2.05, 4.69) is 15.4 Å². The molecule has 136 valence electrons. The number of rotatable bonds is 5. The average Bonchev–Trinajstić information content (AvgIpc) is 3.38. The summed E-state index contributed by atoms with van der Waals surface area (Å²) in [4.78, 5) is 29.8. The number of pyridine rings is 1. The summed E-state index contributed by atoms with van der Waals surface area (Å²) in [6.07, 6.45) is 4.81. The van der Waals surface area contributed by atoms with E-state index >= 15 is 0 Å². The zero-order valence-electron chi connectivity index (χ0n) is 14.4. The monoisotopic (exact) mass is 363 g/mol. The van der Waals surface area contributed by atoms with Gasteiger partial charge in [0.1, 0.15) is 6.61 Å². The van der Waals surface area contributed by atoms with Crippen LogP contribution in [-0.2, 0) is 11.3 Å². The van der Waals surface area contributed by atoms with Gasteiger partial charge in [-0.05, 0) is 48.0 Å². The van der Waals surface area contributed by atoms with Gasteiger partial charge >= 0.3 is 6.09 Å². The zero-order chi connectivity index (χ0) is 18.6. The summed E-state index contributed by atoms with van der Waals surface area (Å²) in [7, 11) is 0. The van der Waals surface area contributed by atoms with E-state index in [4.69, 9.17) is 4.74 Å². The van der Waals surface area contributed by atoms with Crippen LogP contribution in [0.4, 0.5) is 10.5 Å². The Labute approximate surface area is 155 Å². The highest BCUT2D eigenvalue weighted by atomic mass is 16.6. The molecule has 1 saturated heterocycles. The lowest BCUT2D eigenvalue weighted by molar-refractivity contribution is 0.0951. The van der Waals surface area contributed by atoms with Gasteiger partial charge in [-0.3, -0.25) is 9.69 Å². The first-order valence-electron chi connectivity index (χ1n) is 8.48. The molecule has 4 rings (SSSR count).